The molecule has 0 aromatic heterocycles. The van der Waals surface area contributed by atoms with Crippen molar-refractivity contribution in [3.05, 3.63) is 0 Å². The van der Waals surface area contributed by atoms with Gasteiger partial charge in [0.25, 0.3) is 0 Å². The minimum atomic E-state index is 0.403. The normalized spacial score (nSPS) is 28.6. The van der Waals surface area contributed by atoms with Gasteiger partial charge in [0.2, 0.25) is 5.17 Å². The van der Waals surface area contributed by atoms with Gasteiger partial charge in [-0.3, -0.25) is 0 Å². The van der Waals surface area contributed by atoms with Gasteiger partial charge < -0.3 is 11.5 Å². The highest BCUT2D eigenvalue weighted by Gasteiger charge is 2.36. The van der Waals surface area contributed by atoms with Gasteiger partial charge in [-0.1, -0.05) is 5.10 Å². The van der Waals surface area contributed by atoms with Crippen molar-refractivity contribution in [3.63, 3.8) is 0 Å². The lowest BCUT2D eigenvalue weighted by Gasteiger charge is -2.24. The summed E-state index contributed by atoms with van der Waals surface area (Å²) in [5, 5.41) is 5.34. The van der Waals surface area contributed by atoms with Gasteiger partial charge in [0.05, 0.1) is 14.1 Å². The Morgan fingerprint density at radius 3 is 2.64 bits per heavy atom. The minimum Gasteiger partial charge on any atom is -0.374 e. The summed E-state index contributed by atoms with van der Waals surface area (Å²) in [6.07, 6.45) is 0.960. The third kappa shape index (κ3) is 1.85. The summed E-state index contributed by atoms with van der Waals surface area (Å²) in [6.45, 7) is 0.697. The van der Waals surface area contributed by atoms with Crippen molar-refractivity contribution in [1.29, 1.82) is 0 Å². The summed E-state index contributed by atoms with van der Waals surface area (Å²) in [4.78, 5) is 0. The van der Waals surface area contributed by atoms with E-state index < -0.39 is 0 Å². The van der Waals surface area contributed by atoms with Crippen molar-refractivity contribution in [2.24, 2.45) is 16.6 Å². The predicted molar refractivity (Wildman–Crippen MR) is 48.8 cm³/mol. The molecule has 0 saturated carbocycles. The summed E-state index contributed by atoms with van der Waals surface area (Å²) in [6, 6.07) is 0. The lowest BCUT2D eigenvalue weighted by Crippen LogP contribution is -2.39. The number of thioether (sulfide) groups is 1. The van der Waals surface area contributed by atoms with Crippen molar-refractivity contribution in [3.8, 4) is 0 Å². The van der Waals surface area contributed by atoms with Crippen LogP contribution in [0.3, 0.4) is 0 Å². The summed E-state index contributed by atoms with van der Waals surface area (Å²) < 4.78 is 0.605. The fourth-order valence-electron chi connectivity index (χ4n) is 1.13. The van der Waals surface area contributed by atoms with E-state index in [4.69, 9.17) is 11.5 Å². The van der Waals surface area contributed by atoms with Crippen LogP contribution in [0, 0.1) is 0 Å². The lowest BCUT2D eigenvalue weighted by atomic mass is 10.4. The van der Waals surface area contributed by atoms with Crippen LogP contribution in [0.5, 0.6) is 0 Å². The average Bonchev–Trinajstić information content (AvgIpc) is 2.07. The fourth-order valence-corrected chi connectivity index (χ4v) is 2.22. The van der Waals surface area contributed by atoms with E-state index >= 15 is 0 Å². The molecule has 1 aliphatic heterocycles. The monoisotopic (exact) mass is 175 g/mol. The first-order chi connectivity index (χ1) is 5.06. The molecule has 0 spiro atoms. The van der Waals surface area contributed by atoms with Crippen LogP contribution in [0.2, 0.25) is 0 Å². The average molecular weight is 175 g/mol. The zero-order valence-electron chi connectivity index (χ0n) is 6.95. The Bertz CT molecular complexity index is 177. The molecule has 64 valence electrons. The van der Waals surface area contributed by atoms with E-state index in [-0.39, 0.29) is 0 Å². The van der Waals surface area contributed by atoms with E-state index in [0.717, 1.165) is 6.42 Å². The second-order valence-corrected chi connectivity index (χ2v) is 4.27. The Hall–Kier alpha value is -0.260. The fraction of sp³-hybridized carbons (Fsp3) is 0.833. The molecule has 0 bridgehead atoms. The molecule has 0 aliphatic carbocycles. The first-order valence-corrected chi connectivity index (χ1v) is 4.50. The first-order valence-electron chi connectivity index (χ1n) is 3.62. The molecular formula is C6H15N4S+. The number of hydrogen-bond donors (Lipinski definition) is 2. The number of amidine groups is 1. The van der Waals surface area contributed by atoms with Crippen molar-refractivity contribution in [2.75, 3.05) is 20.6 Å². The highest BCUT2D eigenvalue weighted by atomic mass is 32.2. The molecule has 4 N–H and O–H groups in total. The van der Waals surface area contributed by atoms with E-state index in [1.807, 2.05) is 14.1 Å². The third-order valence-corrected chi connectivity index (χ3v) is 3.08. The van der Waals surface area contributed by atoms with Gasteiger partial charge in [-0.25, -0.2) is 0 Å². The van der Waals surface area contributed by atoms with E-state index in [2.05, 4.69) is 5.10 Å². The molecule has 0 radical (unpaired) electrons. The quantitative estimate of drug-likeness (QED) is 0.567. The maximum atomic E-state index is 5.59. The Morgan fingerprint density at radius 1 is 1.64 bits per heavy atom. The standard InChI is InChI=1S/C6H15N4S/c1-10(2)5(3-4-7)11-6(8)9-10/h5H,3-4,7H2,1-2H3,(H2,8,9)/q+1. The Labute approximate surface area is 71.2 Å². The van der Waals surface area contributed by atoms with Crippen LogP contribution < -0.4 is 11.5 Å². The molecular weight excluding hydrogens is 160 g/mol. The summed E-state index contributed by atoms with van der Waals surface area (Å²) in [5.74, 6) is 0. The summed E-state index contributed by atoms with van der Waals surface area (Å²) in [7, 11) is 4.07. The maximum Gasteiger partial charge on any atom is 0.219 e. The van der Waals surface area contributed by atoms with Crippen LogP contribution in [0.15, 0.2) is 5.10 Å². The molecule has 0 aromatic carbocycles. The van der Waals surface area contributed by atoms with Crippen molar-refractivity contribution in [1.82, 2.24) is 0 Å². The first kappa shape index (κ1) is 8.83. The Morgan fingerprint density at radius 2 is 2.27 bits per heavy atom. The number of quaternary nitrogens is 1. The second-order valence-electron chi connectivity index (χ2n) is 3.07. The van der Waals surface area contributed by atoms with Gasteiger partial charge in [0, 0.05) is 6.42 Å². The predicted octanol–water partition coefficient (Wildman–Crippen LogP) is -0.286. The molecule has 4 nitrogen and oxygen atoms in total. The molecule has 5 heteroatoms. The van der Waals surface area contributed by atoms with E-state index in [1.165, 1.54) is 0 Å². The summed E-state index contributed by atoms with van der Waals surface area (Å²) in [5.41, 5.74) is 11.0. The smallest absolute Gasteiger partial charge is 0.219 e. The highest BCUT2D eigenvalue weighted by molar-refractivity contribution is 8.14. The van der Waals surface area contributed by atoms with Crippen LogP contribution in [0.4, 0.5) is 0 Å². The Balaban J connectivity index is 2.60. The van der Waals surface area contributed by atoms with Crippen LogP contribution in [0.25, 0.3) is 0 Å². The molecule has 1 rings (SSSR count). The maximum absolute atomic E-state index is 5.59. The molecule has 0 saturated heterocycles. The highest BCUT2D eigenvalue weighted by Crippen LogP contribution is 2.29. The SMILES string of the molecule is C[N+]1(C)N=C(N)SC1CCN. The Kier molecular flexibility index (Phi) is 2.41. The molecule has 1 heterocycles. The van der Waals surface area contributed by atoms with Gasteiger partial charge in [-0.05, 0) is 18.3 Å². The number of nitrogens with zero attached hydrogens (tertiary/aromatic N) is 2. The second kappa shape index (κ2) is 3.00. The topological polar surface area (TPSA) is 64.4 Å². The number of nitrogens with two attached hydrogens (primary N) is 2. The van der Waals surface area contributed by atoms with Crippen LogP contribution >= 0.6 is 11.8 Å². The zero-order chi connectivity index (χ0) is 8.48. The third-order valence-electron chi connectivity index (χ3n) is 1.73. The molecule has 0 amide bonds. The molecule has 1 aliphatic rings. The van der Waals surface area contributed by atoms with Crippen molar-refractivity contribution in [2.45, 2.75) is 11.8 Å². The van der Waals surface area contributed by atoms with Crippen molar-refractivity contribution < 1.29 is 4.59 Å². The molecule has 0 fully saturated rings. The minimum absolute atomic E-state index is 0.403. The molecule has 11 heavy (non-hydrogen) atoms. The molecule has 1 atom stereocenters. The van der Waals surface area contributed by atoms with Crippen LogP contribution in [-0.2, 0) is 0 Å². The van der Waals surface area contributed by atoms with Gasteiger partial charge in [-0.15, -0.1) is 0 Å². The molecule has 0 aromatic rings. The largest absolute Gasteiger partial charge is 0.374 e. The van der Waals surface area contributed by atoms with Crippen LogP contribution in [0.1, 0.15) is 6.42 Å². The van der Waals surface area contributed by atoms with Gasteiger partial charge in [0.1, 0.15) is 0 Å². The number of hydrogen-bond acceptors (Lipinski definition) is 4. The van der Waals surface area contributed by atoms with E-state index in [1.54, 1.807) is 11.8 Å². The zero-order valence-corrected chi connectivity index (χ0v) is 7.77. The van der Waals surface area contributed by atoms with Gasteiger partial charge >= 0.3 is 0 Å². The van der Waals surface area contributed by atoms with Crippen molar-refractivity contribution >= 4 is 16.9 Å². The molecule has 1 unspecified atom stereocenters. The van der Waals surface area contributed by atoms with Crippen LogP contribution in [-0.4, -0.2) is 35.8 Å². The van der Waals surface area contributed by atoms with Gasteiger partial charge in [0.15, 0.2) is 5.37 Å². The van der Waals surface area contributed by atoms with E-state index in [0.29, 0.717) is 21.7 Å². The summed E-state index contributed by atoms with van der Waals surface area (Å²) >= 11 is 1.62. The van der Waals surface area contributed by atoms with Gasteiger partial charge in [-0.2, -0.15) is 4.59 Å². The van der Waals surface area contributed by atoms with E-state index in [9.17, 15) is 0 Å². The number of rotatable bonds is 2. The lowest BCUT2D eigenvalue weighted by molar-refractivity contribution is -0.904.